The molecule has 1 amide bonds. The zero-order valence-corrected chi connectivity index (χ0v) is 12.7. The van der Waals surface area contributed by atoms with E-state index in [2.05, 4.69) is 15.6 Å². The van der Waals surface area contributed by atoms with Crippen LogP contribution in [0.3, 0.4) is 0 Å². The normalized spacial score (nSPS) is 10.0. The second-order valence-electron chi connectivity index (χ2n) is 4.00. The molecule has 2 rings (SSSR count). The molecule has 2 N–H and O–H groups in total. The number of hydrogen-bond acceptors (Lipinski definition) is 4. The van der Waals surface area contributed by atoms with Crippen molar-refractivity contribution in [3.05, 3.63) is 46.6 Å². The molecule has 0 bridgehead atoms. The van der Waals surface area contributed by atoms with E-state index in [-0.39, 0.29) is 0 Å². The summed E-state index contributed by atoms with van der Waals surface area (Å²) < 4.78 is 4.76. The highest BCUT2D eigenvalue weighted by Gasteiger charge is 2.07. The smallest absolute Gasteiger partial charge is 0.412 e. The van der Waals surface area contributed by atoms with Gasteiger partial charge in [-0.2, -0.15) is 0 Å². The Balaban J connectivity index is 2.07. The Bertz CT molecular complexity index is 612. The number of amides is 1. The maximum absolute atomic E-state index is 11.3. The van der Waals surface area contributed by atoms with Crippen molar-refractivity contribution in [2.45, 2.75) is 6.92 Å². The molecule has 0 saturated carbocycles. The van der Waals surface area contributed by atoms with Gasteiger partial charge in [-0.3, -0.25) is 5.32 Å². The number of benzene rings is 1. The number of pyridine rings is 1. The van der Waals surface area contributed by atoms with Crippen molar-refractivity contribution in [3.8, 4) is 0 Å². The third-order valence-corrected chi connectivity index (χ3v) is 3.13. The standard InChI is InChI=1S/C14H13Cl2N3O2/c1-2-21-14(20)19-12-7-6-9(8-17-12)18-13-10(15)4-3-5-11(13)16/h3-8,18H,2H2,1H3,(H,17,19,20). The highest BCUT2D eigenvalue weighted by Crippen LogP contribution is 2.32. The van der Waals surface area contributed by atoms with Crippen molar-refractivity contribution in [2.24, 2.45) is 0 Å². The maximum atomic E-state index is 11.3. The van der Waals surface area contributed by atoms with Crippen LogP contribution in [0.4, 0.5) is 22.0 Å². The third-order valence-electron chi connectivity index (χ3n) is 2.50. The number of rotatable bonds is 4. The number of aromatic nitrogens is 1. The minimum atomic E-state index is -0.542. The van der Waals surface area contributed by atoms with Crippen LogP contribution in [0.1, 0.15) is 6.92 Å². The van der Waals surface area contributed by atoms with Crippen LogP contribution in [0.15, 0.2) is 36.5 Å². The van der Waals surface area contributed by atoms with Crippen LogP contribution in [0.5, 0.6) is 0 Å². The lowest BCUT2D eigenvalue weighted by atomic mass is 10.3. The van der Waals surface area contributed by atoms with Gasteiger partial charge in [0, 0.05) is 0 Å². The minimum absolute atomic E-state index is 0.302. The zero-order chi connectivity index (χ0) is 15.2. The van der Waals surface area contributed by atoms with Crippen molar-refractivity contribution < 1.29 is 9.53 Å². The Morgan fingerprint density at radius 3 is 2.52 bits per heavy atom. The summed E-state index contributed by atoms with van der Waals surface area (Å²) >= 11 is 12.1. The average molecular weight is 326 g/mol. The van der Waals surface area contributed by atoms with Gasteiger partial charge in [-0.25, -0.2) is 9.78 Å². The van der Waals surface area contributed by atoms with Crippen molar-refractivity contribution >= 4 is 46.5 Å². The quantitative estimate of drug-likeness (QED) is 0.855. The van der Waals surface area contributed by atoms with E-state index in [9.17, 15) is 4.79 Å². The topological polar surface area (TPSA) is 63.2 Å². The lowest BCUT2D eigenvalue weighted by molar-refractivity contribution is 0.168. The molecule has 1 aromatic heterocycles. The summed E-state index contributed by atoms with van der Waals surface area (Å²) in [6.07, 6.45) is 1.01. The molecule has 0 radical (unpaired) electrons. The van der Waals surface area contributed by atoms with Gasteiger partial charge >= 0.3 is 6.09 Å². The van der Waals surface area contributed by atoms with Crippen molar-refractivity contribution in [1.29, 1.82) is 0 Å². The lowest BCUT2D eigenvalue weighted by Gasteiger charge is -2.10. The predicted molar refractivity (Wildman–Crippen MR) is 84.6 cm³/mol. The van der Waals surface area contributed by atoms with E-state index in [1.165, 1.54) is 0 Å². The number of para-hydroxylation sites is 1. The lowest BCUT2D eigenvalue weighted by Crippen LogP contribution is -2.14. The third kappa shape index (κ3) is 4.24. The highest BCUT2D eigenvalue weighted by atomic mass is 35.5. The molecule has 5 nitrogen and oxygen atoms in total. The van der Waals surface area contributed by atoms with Crippen LogP contribution in [0, 0.1) is 0 Å². The molecule has 0 fully saturated rings. The van der Waals surface area contributed by atoms with E-state index in [0.29, 0.717) is 33.8 Å². The van der Waals surface area contributed by atoms with Gasteiger partial charge in [-0.05, 0) is 31.2 Å². The van der Waals surface area contributed by atoms with Crippen LogP contribution < -0.4 is 10.6 Å². The molecular formula is C14H13Cl2N3O2. The van der Waals surface area contributed by atoms with E-state index in [1.54, 1.807) is 43.5 Å². The van der Waals surface area contributed by atoms with Gasteiger partial charge < -0.3 is 10.1 Å². The minimum Gasteiger partial charge on any atom is -0.450 e. The summed E-state index contributed by atoms with van der Waals surface area (Å²) in [4.78, 5) is 15.3. The molecular weight excluding hydrogens is 313 g/mol. The van der Waals surface area contributed by atoms with E-state index in [0.717, 1.165) is 0 Å². The molecule has 7 heteroatoms. The summed E-state index contributed by atoms with van der Waals surface area (Å²) in [5, 5.41) is 6.60. The van der Waals surface area contributed by atoms with Gasteiger partial charge in [0.05, 0.1) is 34.2 Å². The van der Waals surface area contributed by atoms with Crippen LogP contribution in [0.2, 0.25) is 10.0 Å². The first-order valence-electron chi connectivity index (χ1n) is 6.21. The molecule has 2 aromatic rings. The molecule has 0 aliphatic heterocycles. The number of ether oxygens (including phenoxy) is 1. The summed E-state index contributed by atoms with van der Waals surface area (Å²) in [7, 11) is 0. The van der Waals surface area contributed by atoms with E-state index >= 15 is 0 Å². The second kappa shape index (κ2) is 7.15. The second-order valence-corrected chi connectivity index (χ2v) is 4.81. The first-order valence-corrected chi connectivity index (χ1v) is 6.96. The molecule has 1 heterocycles. The fourth-order valence-electron chi connectivity index (χ4n) is 1.58. The number of nitrogens with zero attached hydrogens (tertiary/aromatic N) is 1. The molecule has 1 aromatic carbocycles. The first kappa shape index (κ1) is 15.4. The Kier molecular flexibility index (Phi) is 5.25. The summed E-state index contributed by atoms with van der Waals surface area (Å²) in [5.74, 6) is 0.393. The monoisotopic (exact) mass is 325 g/mol. The van der Waals surface area contributed by atoms with Gasteiger partial charge in [0.1, 0.15) is 5.82 Å². The molecule has 0 atom stereocenters. The van der Waals surface area contributed by atoms with Crippen molar-refractivity contribution in [2.75, 3.05) is 17.2 Å². The molecule has 0 saturated heterocycles. The van der Waals surface area contributed by atoms with Crippen LogP contribution >= 0.6 is 23.2 Å². The Hall–Kier alpha value is -1.98. The van der Waals surface area contributed by atoms with Gasteiger partial charge in [-0.1, -0.05) is 29.3 Å². The van der Waals surface area contributed by atoms with E-state index < -0.39 is 6.09 Å². The maximum Gasteiger partial charge on any atom is 0.412 e. The first-order chi connectivity index (χ1) is 10.1. The number of hydrogen-bond donors (Lipinski definition) is 2. The average Bonchev–Trinajstić information content (AvgIpc) is 2.45. The summed E-state index contributed by atoms with van der Waals surface area (Å²) in [6.45, 7) is 2.03. The van der Waals surface area contributed by atoms with Gasteiger partial charge in [0.25, 0.3) is 0 Å². The number of anilines is 3. The fraction of sp³-hybridized carbons (Fsp3) is 0.143. The van der Waals surface area contributed by atoms with Crippen molar-refractivity contribution in [1.82, 2.24) is 4.98 Å². The number of nitrogens with one attached hydrogen (secondary N) is 2. The summed E-state index contributed by atoms with van der Waals surface area (Å²) in [5.41, 5.74) is 1.30. The van der Waals surface area contributed by atoms with Gasteiger partial charge in [0.2, 0.25) is 0 Å². The van der Waals surface area contributed by atoms with E-state index in [4.69, 9.17) is 27.9 Å². The SMILES string of the molecule is CCOC(=O)Nc1ccc(Nc2c(Cl)cccc2Cl)cn1. The van der Waals surface area contributed by atoms with Gasteiger partial charge in [0.15, 0.2) is 0 Å². The van der Waals surface area contributed by atoms with Crippen LogP contribution in [-0.4, -0.2) is 17.7 Å². The van der Waals surface area contributed by atoms with Crippen LogP contribution in [0.25, 0.3) is 0 Å². The molecule has 0 unspecified atom stereocenters. The Labute approximate surface area is 132 Å². The highest BCUT2D eigenvalue weighted by molar-refractivity contribution is 6.39. The zero-order valence-electron chi connectivity index (χ0n) is 11.2. The van der Waals surface area contributed by atoms with E-state index in [1.807, 2.05) is 0 Å². The number of carbonyl (C=O) groups is 1. The molecule has 0 aliphatic carbocycles. The molecule has 21 heavy (non-hydrogen) atoms. The van der Waals surface area contributed by atoms with Gasteiger partial charge in [-0.15, -0.1) is 0 Å². The molecule has 110 valence electrons. The molecule has 0 aliphatic rings. The largest absolute Gasteiger partial charge is 0.450 e. The van der Waals surface area contributed by atoms with Crippen LogP contribution in [-0.2, 0) is 4.74 Å². The predicted octanol–water partition coefficient (Wildman–Crippen LogP) is 4.70. The Morgan fingerprint density at radius 2 is 1.95 bits per heavy atom. The Morgan fingerprint density at radius 1 is 1.24 bits per heavy atom. The number of halogens is 2. The molecule has 0 spiro atoms. The van der Waals surface area contributed by atoms with Crippen molar-refractivity contribution in [3.63, 3.8) is 0 Å². The summed E-state index contributed by atoms with van der Waals surface area (Å²) in [6, 6.07) is 8.62. The number of carbonyl (C=O) groups excluding carboxylic acids is 1. The fourth-order valence-corrected chi connectivity index (χ4v) is 2.07.